The minimum absolute atomic E-state index is 0.0113. The Morgan fingerprint density at radius 3 is 2.50 bits per heavy atom. The standard InChI is InChI=1S/C18H27ClN2O3/c1-11-7-5-6-8-14(11)21-18(22)12(2)20-15-9-13(19)16(23-3)10-17(15)24-4/h9-12,14,20H,5-8H2,1-4H3,(H,21,22)/t11-,12-,14+/m1/s1. The van der Waals surface area contributed by atoms with Crippen LogP contribution >= 0.6 is 11.6 Å². The molecule has 0 spiro atoms. The van der Waals surface area contributed by atoms with Crippen LogP contribution in [0.5, 0.6) is 11.5 Å². The predicted octanol–water partition coefficient (Wildman–Crippen LogP) is 3.85. The first-order valence-electron chi connectivity index (χ1n) is 8.44. The maximum Gasteiger partial charge on any atom is 0.242 e. The maximum absolute atomic E-state index is 12.5. The molecule has 134 valence electrons. The van der Waals surface area contributed by atoms with Gasteiger partial charge in [0.2, 0.25) is 5.91 Å². The molecule has 24 heavy (non-hydrogen) atoms. The highest BCUT2D eigenvalue weighted by Gasteiger charge is 2.25. The van der Waals surface area contributed by atoms with Crippen LogP contribution in [-0.4, -0.2) is 32.2 Å². The van der Waals surface area contributed by atoms with Crippen LogP contribution in [0.25, 0.3) is 0 Å². The summed E-state index contributed by atoms with van der Waals surface area (Å²) in [6, 6.07) is 3.29. The van der Waals surface area contributed by atoms with E-state index >= 15 is 0 Å². The Morgan fingerprint density at radius 1 is 1.21 bits per heavy atom. The van der Waals surface area contributed by atoms with Gasteiger partial charge in [-0.15, -0.1) is 0 Å². The lowest BCUT2D eigenvalue weighted by Crippen LogP contribution is -2.46. The molecule has 0 unspecified atom stereocenters. The molecule has 1 aliphatic carbocycles. The number of carbonyl (C=O) groups is 1. The first kappa shape index (κ1) is 18.7. The molecule has 1 amide bonds. The van der Waals surface area contributed by atoms with Gasteiger partial charge in [0.1, 0.15) is 17.5 Å². The molecule has 0 aromatic heterocycles. The fourth-order valence-corrected chi connectivity index (χ4v) is 3.35. The van der Waals surface area contributed by atoms with Crippen molar-refractivity contribution in [2.24, 2.45) is 5.92 Å². The van der Waals surface area contributed by atoms with Crippen LogP contribution in [0.3, 0.4) is 0 Å². The lowest BCUT2D eigenvalue weighted by molar-refractivity contribution is -0.122. The number of anilines is 1. The molecule has 1 aromatic rings. The first-order chi connectivity index (χ1) is 11.5. The Morgan fingerprint density at radius 2 is 1.88 bits per heavy atom. The van der Waals surface area contributed by atoms with Gasteiger partial charge in [0.25, 0.3) is 0 Å². The Kier molecular flexibility index (Phi) is 6.60. The van der Waals surface area contributed by atoms with Crippen LogP contribution in [0.4, 0.5) is 5.69 Å². The van der Waals surface area contributed by atoms with Crippen molar-refractivity contribution in [1.82, 2.24) is 5.32 Å². The maximum atomic E-state index is 12.5. The molecule has 1 fully saturated rings. The zero-order valence-electron chi connectivity index (χ0n) is 14.8. The summed E-state index contributed by atoms with van der Waals surface area (Å²) in [7, 11) is 3.12. The Balaban J connectivity index is 2.04. The largest absolute Gasteiger partial charge is 0.495 e. The zero-order chi connectivity index (χ0) is 17.7. The van der Waals surface area contributed by atoms with E-state index in [1.807, 2.05) is 6.92 Å². The van der Waals surface area contributed by atoms with Gasteiger partial charge in [-0.2, -0.15) is 0 Å². The van der Waals surface area contributed by atoms with Gasteiger partial charge in [-0.25, -0.2) is 0 Å². The SMILES string of the molecule is COc1cc(OC)c(N[C@H](C)C(=O)N[C@H]2CCCC[C@H]2C)cc1Cl. The molecule has 1 aliphatic rings. The first-order valence-corrected chi connectivity index (χ1v) is 8.82. The third kappa shape index (κ3) is 4.47. The number of benzene rings is 1. The number of ether oxygens (including phenoxy) is 2. The zero-order valence-corrected chi connectivity index (χ0v) is 15.6. The van der Waals surface area contributed by atoms with Crippen molar-refractivity contribution < 1.29 is 14.3 Å². The molecule has 0 aliphatic heterocycles. The molecule has 0 bridgehead atoms. The van der Waals surface area contributed by atoms with Crippen molar-refractivity contribution in [2.75, 3.05) is 19.5 Å². The number of halogens is 1. The lowest BCUT2D eigenvalue weighted by Gasteiger charge is -2.30. The second-order valence-electron chi connectivity index (χ2n) is 6.43. The second-order valence-corrected chi connectivity index (χ2v) is 6.84. The van der Waals surface area contributed by atoms with Gasteiger partial charge >= 0.3 is 0 Å². The van der Waals surface area contributed by atoms with Crippen molar-refractivity contribution in [1.29, 1.82) is 0 Å². The molecular weight excluding hydrogens is 328 g/mol. The van der Waals surface area contributed by atoms with E-state index in [0.717, 1.165) is 6.42 Å². The van der Waals surface area contributed by atoms with Crippen LogP contribution in [0.1, 0.15) is 39.5 Å². The van der Waals surface area contributed by atoms with Crippen molar-refractivity contribution in [3.8, 4) is 11.5 Å². The summed E-state index contributed by atoms with van der Waals surface area (Å²) in [5.41, 5.74) is 0.669. The van der Waals surface area contributed by atoms with Crippen molar-refractivity contribution >= 4 is 23.2 Å². The number of hydrogen-bond acceptors (Lipinski definition) is 4. The minimum Gasteiger partial charge on any atom is -0.495 e. The van der Waals surface area contributed by atoms with Gasteiger partial charge in [0.15, 0.2) is 0 Å². The summed E-state index contributed by atoms with van der Waals surface area (Å²) < 4.78 is 10.5. The van der Waals surface area contributed by atoms with E-state index in [2.05, 4.69) is 17.6 Å². The smallest absolute Gasteiger partial charge is 0.242 e. The highest BCUT2D eigenvalue weighted by Crippen LogP contribution is 2.36. The summed E-state index contributed by atoms with van der Waals surface area (Å²) >= 11 is 6.18. The number of carbonyl (C=O) groups excluding carboxylic acids is 1. The summed E-state index contributed by atoms with van der Waals surface area (Å²) in [5.74, 6) is 1.64. The van der Waals surface area contributed by atoms with Crippen LogP contribution in [-0.2, 0) is 4.79 Å². The number of hydrogen-bond donors (Lipinski definition) is 2. The molecule has 1 aromatic carbocycles. The van der Waals surface area contributed by atoms with Gasteiger partial charge in [0.05, 0.1) is 24.9 Å². The Labute approximate surface area is 149 Å². The average Bonchev–Trinajstić information content (AvgIpc) is 2.57. The molecule has 2 rings (SSSR count). The van der Waals surface area contributed by atoms with Crippen molar-refractivity contribution in [3.63, 3.8) is 0 Å². The van der Waals surface area contributed by atoms with E-state index in [1.54, 1.807) is 26.4 Å². The van der Waals surface area contributed by atoms with Crippen LogP contribution < -0.4 is 20.1 Å². The van der Waals surface area contributed by atoms with E-state index in [4.69, 9.17) is 21.1 Å². The van der Waals surface area contributed by atoms with Crippen LogP contribution in [0.15, 0.2) is 12.1 Å². The molecule has 0 heterocycles. The summed E-state index contributed by atoms with van der Waals surface area (Å²) in [6.45, 7) is 4.04. The summed E-state index contributed by atoms with van der Waals surface area (Å²) in [6.07, 6.45) is 4.66. The second kappa shape index (κ2) is 8.47. The fourth-order valence-electron chi connectivity index (χ4n) is 3.11. The van der Waals surface area contributed by atoms with Gasteiger partial charge in [0, 0.05) is 12.1 Å². The van der Waals surface area contributed by atoms with Crippen LogP contribution in [0.2, 0.25) is 5.02 Å². The molecule has 0 saturated heterocycles. The van der Waals surface area contributed by atoms with Crippen molar-refractivity contribution in [2.45, 2.75) is 51.6 Å². The molecule has 0 radical (unpaired) electrons. The number of amides is 1. The molecule has 6 heteroatoms. The highest BCUT2D eigenvalue weighted by atomic mass is 35.5. The van der Waals surface area contributed by atoms with Crippen molar-refractivity contribution in [3.05, 3.63) is 17.2 Å². The fraction of sp³-hybridized carbons (Fsp3) is 0.611. The quantitative estimate of drug-likeness (QED) is 0.814. The molecule has 2 N–H and O–H groups in total. The molecule has 1 saturated carbocycles. The van der Waals surface area contributed by atoms with E-state index in [1.165, 1.54) is 19.3 Å². The van der Waals surface area contributed by atoms with E-state index in [0.29, 0.717) is 28.1 Å². The third-order valence-corrected chi connectivity index (χ3v) is 4.97. The minimum atomic E-state index is -0.391. The molecule has 5 nitrogen and oxygen atoms in total. The van der Waals surface area contributed by atoms with Gasteiger partial charge in [-0.05, 0) is 31.7 Å². The average molecular weight is 355 g/mol. The van der Waals surface area contributed by atoms with Gasteiger partial charge in [-0.1, -0.05) is 31.4 Å². The third-order valence-electron chi connectivity index (χ3n) is 4.68. The molecular formula is C18H27ClN2O3. The van der Waals surface area contributed by atoms with E-state index in [-0.39, 0.29) is 11.9 Å². The van der Waals surface area contributed by atoms with E-state index in [9.17, 15) is 4.79 Å². The summed E-state index contributed by atoms with van der Waals surface area (Å²) in [5, 5.41) is 6.81. The monoisotopic (exact) mass is 354 g/mol. The lowest BCUT2D eigenvalue weighted by atomic mass is 9.86. The van der Waals surface area contributed by atoms with Crippen LogP contribution in [0, 0.1) is 5.92 Å². The Bertz CT molecular complexity index is 580. The normalized spacial score (nSPS) is 21.7. The highest BCUT2D eigenvalue weighted by molar-refractivity contribution is 6.32. The Hall–Kier alpha value is -1.62. The van der Waals surface area contributed by atoms with E-state index < -0.39 is 6.04 Å². The summed E-state index contributed by atoms with van der Waals surface area (Å²) in [4.78, 5) is 12.5. The number of methoxy groups -OCH3 is 2. The van der Waals surface area contributed by atoms with Gasteiger partial charge in [-0.3, -0.25) is 4.79 Å². The topological polar surface area (TPSA) is 59.6 Å². The molecule has 3 atom stereocenters. The number of nitrogens with one attached hydrogen (secondary N) is 2. The predicted molar refractivity (Wildman–Crippen MR) is 97.2 cm³/mol. The number of rotatable bonds is 6. The van der Waals surface area contributed by atoms with Gasteiger partial charge < -0.3 is 20.1 Å².